The molecule has 4 aromatic rings. The molecule has 1 N–H and O–H groups in total. The summed E-state index contributed by atoms with van der Waals surface area (Å²) in [5, 5.41) is 8.94. The van der Waals surface area contributed by atoms with E-state index in [1.165, 1.54) is 23.9 Å². The van der Waals surface area contributed by atoms with Crippen molar-refractivity contribution in [1.82, 2.24) is 14.8 Å². The van der Waals surface area contributed by atoms with E-state index < -0.39 is 0 Å². The number of ether oxygens (including phenoxy) is 1. The number of anilines is 1. The first-order chi connectivity index (χ1) is 15.7. The molecule has 1 aromatic heterocycles. The fraction of sp³-hybridized carbons (Fsp3) is 0.120. The molecule has 158 valence electrons. The maximum absolute atomic E-state index is 13.8. The van der Waals surface area contributed by atoms with E-state index in [-0.39, 0.29) is 18.0 Å². The van der Waals surface area contributed by atoms with Gasteiger partial charge >= 0.3 is 0 Å². The lowest BCUT2D eigenvalue weighted by Crippen LogP contribution is -2.32. The van der Waals surface area contributed by atoms with Gasteiger partial charge in [-0.2, -0.15) is 4.98 Å². The predicted molar refractivity (Wildman–Crippen MR) is 123 cm³/mol. The summed E-state index contributed by atoms with van der Waals surface area (Å²) in [7, 11) is 0. The Hall–Kier alpha value is -3.58. The molecule has 2 atom stereocenters. The Balaban J connectivity index is 1.63. The number of nitrogens with one attached hydrogen (secondary N) is 1. The quantitative estimate of drug-likeness (QED) is 0.413. The molecule has 0 aliphatic carbocycles. The van der Waals surface area contributed by atoms with E-state index in [9.17, 15) is 4.39 Å². The molecule has 5 nitrogen and oxygen atoms in total. The van der Waals surface area contributed by atoms with E-state index in [1.807, 2.05) is 65.5 Å². The van der Waals surface area contributed by atoms with Crippen LogP contribution in [0.25, 0.3) is 5.70 Å². The third-order valence-electron chi connectivity index (χ3n) is 5.83. The van der Waals surface area contributed by atoms with Crippen LogP contribution in [0.5, 0.6) is 5.75 Å². The van der Waals surface area contributed by atoms with Crippen LogP contribution in [0.1, 0.15) is 28.8 Å². The molecule has 3 aromatic carbocycles. The van der Waals surface area contributed by atoms with Crippen LogP contribution in [0, 0.1) is 5.82 Å². The third kappa shape index (κ3) is 3.00. The fourth-order valence-electron chi connectivity index (χ4n) is 4.41. The van der Waals surface area contributed by atoms with Crippen LogP contribution >= 0.6 is 11.8 Å². The zero-order chi connectivity index (χ0) is 21.7. The van der Waals surface area contributed by atoms with Crippen molar-refractivity contribution in [3.63, 3.8) is 0 Å². The topological polar surface area (TPSA) is 52.0 Å². The van der Waals surface area contributed by atoms with Gasteiger partial charge in [0.05, 0.1) is 5.70 Å². The Morgan fingerprint density at radius 3 is 2.47 bits per heavy atom. The molecule has 6 rings (SSSR count). The second-order valence-electron chi connectivity index (χ2n) is 7.68. The number of hydrogen-bond acceptors (Lipinski definition) is 5. The van der Waals surface area contributed by atoms with Crippen molar-refractivity contribution >= 4 is 23.4 Å². The lowest BCUT2D eigenvalue weighted by Gasteiger charge is -2.38. The summed E-state index contributed by atoms with van der Waals surface area (Å²) in [6.07, 6.45) is 1.62. The number of fused-ring (bicyclic) bond motifs is 3. The lowest BCUT2D eigenvalue weighted by atomic mass is 9.84. The minimum Gasteiger partial charge on any atom is -0.480 e. The molecular weight excluding hydrogens is 423 g/mol. The first-order valence-electron chi connectivity index (χ1n) is 10.3. The number of aromatic nitrogens is 3. The van der Waals surface area contributed by atoms with Gasteiger partial charge in [-0.15, -0.1) is 5.10 Å². The molecule has 3 heterocycles. The van der Waals surface area contributed by atoms with Crippen molar-refractivity contribution in [1.29, 1.82) is 0 Å². The maximum Gasteiger partial charge on any atom is 0.227 e. The highest BCUT2D eigenvalue weighted by Crippen LogP contribution is 2.50. The Morgan fingerprint density at radius 1 is 0.938 bits per heavy atom. The second-order valence-corrected chi connectivity index (χ2v) is 8.45. The summed E-state index contributed by atoms with van der Waals surface area (Å²) in [4.78, 5) is 4.68. The second kappa shape index (κ2) is 7.53. The van der Waals surface area contributed by atoms with Crippen molar-refractivity contribution in [2.24, 2.45) is 0 Å². The molecule has 0 radical (unpaired) electrons. The highest BCUT2D eigenvalue weighted by atomic mass is 32.2. The first kappa shape index (κ1) is 19.1. The molecular formula is C25H19FN4OS. The summed E-state index contributed by atoms with van der Waals surface area (Å²) in [6.45, 7) is 0. The normalized spacial score (nSPS) is 18.8. The van der Waals surface area contributed by atoms with Crippen LogP contribution in [0.3, 0.4) is 0 Å². The molecule has 32 heavy (non-hydrogen) atoms. The molecule has 0 saturated carbocycles. The summed E-state index contributed by atoms with van der Waals surface area (Å²) >= 11 is 1.49. The molecule has 0 bridgehead atoms. The van der Waals surface area contributed by atoms with Crippen molar-refractivity contribution in [3.8, 4) is 5.75 Å². The first-order valence-corrected chi connectivity index (χ1v) is 11.5. The van der Waals surface area contributed by atoms with Crippen molar-refractivity contribution < 1.29 is 9.13 Å². The fourth-order valence-corrected chi connectivity index (χ4v) is 4.76. The molecule has 0 fully saturated rings. The van der Waals surface area contributed by atoms with Crippen molar-refractivity contribution in [2.45, 2.75) is 17.3 Å². The number of hydrogen-bond donors (Lipinski definition) is 1. The zero-order valence-electron chi connectivity index (χ0n) is 17.2. The van der Waals surface area contributed by atoms with E-state index in [2.05, 4.69) is 22.4 Å². The lowest BCUT2D eigenvalue weighted by molar-refractivity contribution is 0.223. The van der Waals surface area contributed by atoms with Gasteiger partial charge < -0.3 is 10.1 Å². The van der Waals surface area contributed by atoms with Gasteiger partial charge in [-0.05, 0) is 41.6 Å². The number of benzene rings is 3. The summed E-state index contributed by atoms with van der Waals surface area (Å²) in [6, 6.07) is 24.4. The number of para-hydroxylation sites is 1. The molecule has 2 unspecified atom stereocenters. The van der Waals surface area contributed by atoms with Gasteiger partial charge in [0, 0.05) is 11.1 Å². The Bertz CT molecular complexity index is 1330. The number of nitrogens with zero attached hydrogens (tertiary/aromatic N) is 3. The summed E-state index contributed by atoms with van der Waals surface area (Å²) < 4.78 is 22.2. The Morgan fingerprint density at radius 2 is 1.69 bits per heavy atom. The van der Waals surface area contributed by atoms with E-state index in [0.717, 1.165) is 33.7 Å². The van der Waals surface area contributed by atoms with Crippen molar-refractivity contribution in [3.05, 3.63) is 107 Å². The largest absolute Gasteiger partial charge is 0.480 e. The van der Waals surface area contributed by atoms with Gasteiger partial charge in [-0.25, -0.2) is 9.07 Å². The summed E-state index contributed by atoms with van der Waals surface area (Å²) in [5.41, 5.74) is 4.91. The molecule has 0 spiro atoms. The van der Waals surface area contributed by atoms with Gasteiger partial charge in [0.2, 0.25) is 11.1 Å². The standard InChI is InChI=1S/C25H19FN4OS/c1-32-25-28-24-27-21-18-9-5-6-10-19(18)31-23(16-7-3-2-4-8-16)20(21)22(30(24)29-25)15-11-13-17(26)14-12-15/h2-14,22-23H,1H3,(H,27,28,29). The van der Waals surface area contributed by atoms with Gasteiger partial charge in [-0.3, -0.25) is 0 Å². The van der Waals surface area contributed by atoms with Crippen LogP contribution in [0.2, 0.25) is 0 Å². The monoisotopic (exact) mass is 442 g/mol. The van der Waals surface area contributed by atoms with Crippen molar-refractivity contribution in [2.75, 3.05) is 11.6 Å². The minimum atomic E-state index is -0.335. The van der Waals surface area contributed by atoms with Gasteiger partial charge in [0.1, 0.15) is 23.7 Å². The van der Waals surface area contributed by atoms with E-state index in [1.54, 1.807) is 0 Å². The average Bonchev–Trinajstić information content (AvgIpc) is 3.26. The molecule has 2 aliphatic rings. The van der Waals surface area contributed by atoms with Crippen LogP contribution in [-0.2, 0) is 0 Å². The van der Waals surface area contributed by atoms with Crippen LogP contribution in [0.15, 0.2) is 89.6 Å². The van der Waals surface area contributed by atoms with Gasteiger partial charge in [0.15, 0.2) is 0 Å². The van der Waals surface area contributed by atoms with E-state index in [4.69, 9.17) is 9.84 Å². The maximum atomic E-state index is 13.8. The SMILES string of the molecule is CSc1nc2n(n1)C(c1ccc(F)cc1)C1=C(N2)c2ccccc2OC1c1ccccc1. The molecule has 0 saturated heterocycles. The molecule has 2 aliphatic heterocycles. The Labute approximate surface area is 189 Å². The summed E-state index contributed by atoms with van der Waals surface area (Å²) in [5.74, 6) is 1.19. The average molecular weight is 443 g/mol. The number of halogens is 1. The predicted octanol–water partition coefficient (Wildman–Crippen LogP) is 5.70. The van der Waals surface area contributed by atoms with Gasteiger partial charge in [-0.1, -0.05) is 66.4 Å². The highest BCUT2D eigenvalue weighted by Gasteiger charge is 2.41. The van der Waals surface area contributed by atoms with Gasteiger partial charge in [0.25, 0.3) is 0 Å². The number of thioether (sulfide) groups is 1. The smallest absolute Gasteiger partial charge is 0.227 e. The Kier molecular flexibility index (Phi) is 4.50. The van der Waals surface area contributed by atoms with Crippen LogP contribution < -0.4 is 10.1 Å². The van der Waals surface area contributed by atoms with Crippen LogP contribution in [-0.4, -0.2) is 21.0 Å². The zero-order valence-corrected chi connectivity index (χ0v) is 18.0. The van der Waals surface area contributed by atoms with E-state index in [0.29, 0.717) is 11.1 Å². The number of rotatable bonds is 3. The molecule has 7 heteroatoms. The third-order valence-corrected chi connectivity index (χ3v) is 6.37. The highest BCUT2D eigenvalue weighted by molar-refractivity contribution is 7.98. The molecule has 0 amide bonds. The van der Waals surface area contributed by atoms with Crippen LogP contribution in [0.4, 0.5) is 10.3 Å². The van der Waals surface area contributed by atoms with E-state index >= 15 is 0 Å². The minimum absolute atomic E-state index is 0.273.